The molecule has 0 heterocycles. The van der Waals surface area contributed by atoms with Gasteiger partial charge >= 0.3 is 19.8 Å². The molecule has 288 valence electrons. The van der Waals surface area contributed by atoms with Crippen molar-refractivity contribution >= 4 is 19.8 Å². The first-order valence-electron chi connectivity index (χ1n) is 19.8. The normalized spacial score (nSPS) is 13.6. The highest BCUT2D eigenvalue weighted by Crippen LogP contribution is 2.43. The van der Waals surface area contributed by atoms with Gasteiger partial charge in [-0.15, -0.1) is 0 Å². The van der Waals surface area contributed by atoms with Crippen LogP contribution in [0.2, 0.25) is 0 Å². The number of carbonyl (C=O) groups is 2. The van der Waals surface area contributed by atoms with Crippen LogP contribution >= 0.6 is 7.82 Å². The van der Waals surface area contributed by atoms with Gasteiger partial charge < -0.3 is 20.1 Å². The van der Waals surface area contributed by atoms with E-state index in [1.54, 1.807) is 0 Å². The Bertz CT molecular complexity index is 866. The van der Waals surface area contributed by atoms with E-state index >= 15 is 0 Å². The summed E-state index contributed by atoms with van der Waals surface area (Å²) in [4.78, 5) is 34.7. The fourth-order valence-corrected chi connectivity index (χ4v) is 6.13. The van der Waals surface area contributed by atoms with E-state index in [1.807, 2.05) is 0 Å². The first-order valence-corrected chi connectivity index (χ1v) is 21.3. The SMILES string of the molecule is CCCCCCCC/C=C/C/C=C/CCCCC(=O)O[C@H](COC(=O)CCCCCCCCCCCCCCC)COP(=O)(O)OCCN. The van der Waals surface area contributed by atoms with Crippen molar-refractivity contribution < 1.29 is 37.6 Å². The lowest BCUT2D eigenvalue weighted by molar-refractivity contribution is -0.161. The molecule has 0 spiro atoms. The van der Waals surface area contributed by atoms with E-state index in [9.17, 15) is 19.0 Å². The van der Waals surface area contributed by atoms with Crippen molar-refractivity contribution in [3.8, 4) is 0 Å². The average molecular weight is 716 g/mol. The Labute approximate surface area is 300 Å². The lowest BCUT2D eigenvalue weighted by Gasteiger charge is -2.19. The van der Waals surface area contributed by atoms with E-state index < -0.39 is 26.5 Å². The minimum absolute atomic E-state index is 0.0499. The molecule has 0 rings (SSSR count). The first-order chi connectivity index (χ1) is 23.8. The van der Waals surface area contributed by atoms with Gasteiger partial charge in [0.15, 0.2) is 6.10 Å². The number of hydrogen-bond donors (Lipinski definition) is 2. The van der Waals surface area contributed by atoms with E-state index in [4.69, 9.17) is 24.3 Å². The molecule has 0 aliphatic carbocycles. The molecule has 2 atom stereocenters. The Morgan fingerprint density at radius 3 is 1.59 bits per heavy atom. The Hall–Kier alpha value is -1.51. The maximum Gasteiger partial charge on any atom is 0.472 e. The number of hydrogen-bond acceptors (Lipinski definition) is 8. The average Bonchev–Trinajstić information content (AvgIpc) is 3.08. The molecule has 0 aromatic heterocycles. The number of ether oxygens (including phenoxy) is 2. The summed E-state index contributed by atoms with van der Waals surface area (Å²) < 4.78 is 32.6. The van der Waals surface area contributed by atoms with Crippen LogP contribution in [0, 0.1) is 0 Å². The highest BCUT2D eigenvalue weighted by molar-refractivity contribution is 7.47. The predicted octanol–water partition coefficient (Wildman–Crippen LogP) is 10.8. The van der Waals surface area contributed by atoms with E-state index in [1.165, 1.54) is 103 Å². The minimum atomic E-state index is -4.38. The van der Waals surface area contributed by atoms with Gasteiger partial charge in [0.1, 0.15) is 6.61 Å². The van der Waals surface area contributed by atoms with E-state index in [2.05, 4.69) is 38.2 Å². The van der Waals surface area contributed by atoms with Gasteiger partial charge in [0.2, 0.25) is 0 Å². The molecule has 0 saturated carbocycles. The van der Waals surface area contributed by atoms with Gasteiger partial charge in [-0.05, 0) is 44.9 Å². The van der Waals surface area contributed by atoms with Crippen LogP contribution < -0.4 is 5.73 Å². The summed E-state index contributed by atoms with van der Waals surface area (Å²) in [6.45, 7) is 3.68. The number of carbonyl (C=O) groups excluding carboxylic acids is 2. The zero-order chi connectivity index (χ0) is 36.1. The van der Waals surface area contributed by atoms with Crippen molar-refractivity contribution in [2.45, 2.75) is 187 Å². The first kappa shape index (κ1) is 47.5. The second kappa shape index (κ2) is 36.3. The number of phosphoric acid groups is 1. The van der Waals surface area contributed by atoms with Gasteiger partial charge in [0.25, 0.3) is 0 Å². The molecule has 49 heavy (non-hydrogen) atoms. The highest BCUT2D eigenvalue weighted by atomic mass is 31.2. The van der Waals surface area contributed by atoms with Crippen LogP contribution in [0.25, 0.3) is 0 Å². The highest BCUT2D eigenvalue weighted by Gasteiger charge is 2.25. The summed E-state index contributed by atoms with van der Waals surface area (Å²) in [6.07, 6.45) is 36.4. The van der Waals surface area contributed by atoms with E-state index in [0.29, 0.717) is 6.42 Å². The Morgan fingerprint density at radius 2 is 1.06 bits per heavy atom. The summed E-state index contributed by atoms with van der Waals surface area (Å²) in [7, 11) is -4.38. The van der Waals surface area contributed by atoms with Crippen molar-refractivity contribution in [1.82, 2.24) is 0 Å². The van der Waals surface area contributed by atoms with Gasteiger partial charge in [-0.2, -0.15) is 0 Å². The largest absolute Gasteiger partial charge is 0.472 e. The number of esters is 2. The van der Waals surface area contributed by atoms with Crippen LogP contribution in [0.1, 0.15) is 181 Å². The number of phosphoric ester groups is 1. The quantitative estimate of drug-likeness (QED) is 0.0279. The zero-order valence-corrected chi connectivity index (χ0v) is 32.3. The molecule has 0 amide bonds. The number of unbranched alkanes of at least 4 members (excludes halogenated alkanes) is 20. The van der Waals surface area contributed by atoms with Crippen LogP contribution in [-0.2, 0) is 32.7 Å². The smallest absolute Gasteiger partial charge is 0.462 e. The van der Waals surface area contributed by atoms with E-state index in [0.717, 1.165) is 44.9 Å². The molecule has 0 bridgehead atoms. The maximum atomic E-state index is 12.5. The number of allylic oxidation sites excluding steroid dienone is 4. The van der Waals surface area contributed by atoms with Crippen LogP contribution in [0.15, 0.2) is 24.3 Å². The predicted molar refractivity (Wildman–Crippen MR) is 201 cm³/mol. The molecule has 0 saturated heterocycles. The molecule has 9 nitrogen and oxygen atoms in total. The molecule has 0 aliphatic heterocycles. The Balaban J connectivity index is 4.25. The molecular formula is C39H74NO8P. The van der Waals surface area contributed by atoms with Crippen molar-refractivity contribution in [3.05, 3.63) is 24.3 Å². The molecule has 0 aliphatic rings. The fourth-order valence-electron chi connectivity index (χ4n) is 5.37. The summed E-state index contributed by atoms with van der Waals surface area (Å²) in [6, 6.07) is 0. The lowest BCUT2D eigenvalue weighted by Crippen LogP contribution is -2.29. The summed E-state index contributed by atoms with van der Waals surface area (Å²) >= 11 is 0. The van der Waals surface area contributed by atoms with Gasteiger partial charge in [-0.1, -0.05) is 147 Å². The van der Waals surface area contributed by atoms with Crippen molar-refractivity contribution in [1.29, 1.82) is 0 Å². The van der Waals surface area contributed by atoms with E-state index in [-0.39, 0.29) is 38.6 Å². The molecule has 0 radical (unpaired) electrons. The summed E-state index contributed by atoms with van der Waals surface area (Å²) in [5, 5.41) is 0. The molecule has 1 unspecified atom stereocenters. The minimum Gasteiger partial charge on any atom is -0.462 e. The van der Waals surface area contributed by atoms with Gasteiger partial charge in [0, 0.05) is 19.4 Å². The monoisotopic (exact) mass is 716 g/mol. The summed E-state index contributed by atoms with van der Waals surface area (Å²) in [5.41, 5.74) is 5.33. The third kappa shape index (κ3) is 36.1. The maximum absolute atomic E-state index is 12.5. The molecule has 0 aromatic rings. The third-order valence-electron chi connectivity index (χ3n) is 8.34. The standard InChI is InChI=1S/C39H74NO8P/c1-3-5-7-9-11-13-15-17-18-20-22-24-26-28-30-32-39(42)48-37(36-47-49(43,44)46-34-33-40)35-45-38(41)31-29-27-25-23-21-19-16-14-12-10-8-6-4-2/h17-18,22,24,37H,3-16,19-21,23,25-36,40H2,1-2H3,(H,43,44)/b18-17+,24-22+/t37-/m1/s1. The molecule has 10 heteroatoms. The van der Waals surface area contributed by atoms with Gasteiger partial charge in [-0.3, -0.25) is 18.6 Å². The van der Waals surface area contributed by atoms with Crippen molar-refractivity contribution in [3.63, 3.8) is 0 Å². The zero-order valence-electron chi connectivity index (χ0n) is 31.4. The topological polar surface area (TPSA) is 134 Å². The van der Waals surface area contributed by atoms with Crippen LogP contribution in [0.5, 0.6) is 0 Å². The molecule has 3 N–H and O–H groups in total. The summed E-state index contributed by atoms with van der Waals surface area (Å²) in [5.74, 6) is -0.863. The van der Waals surface area contributed by atoms with Crippen molar-refractivity contribution in [2.75, 3.05) is 26.4 Å². The fraction of sp³-hybridized carbons (Fsp3) is 0.846. The lowest BCUT2D eigenvalue weighted by atomic mass is 10.0. The van der Waals surface area contributed by atoms with Gasteiger partial charge in [0.05, 0.1) is 13.2 Å². The second-order valence-electron chi connectivity index (χ2n) is 13.2. The molecule has 0 fully saturated rings. The number of nitrogens with two attached hydrogens (primary N) is 1. The Kier molecular flexibility index (Phi) is 35.2. The van der Waals surface area contributed by atoms with Crippen LogP contribution in [0.3, 0.4) is 0 Å². The molecular weight excluding hydrogens is 641 g/mol. The van der Waals surface area contributed by atoms with Crippen molar-refractivity contribution in [2.24, 2.45) is 5.73 Å². The second-order valence-corrected chi connectivity index (χ2v) is 14.6. The molecule has 0 aromatic carbocycles. The van der Waals surface area contributed by atoms with Gasteiger partial charge in [-0.25, -0.2) is 4.57 Å². The van der Waals surface area contributed by atoms with Crippen LogP contribution in [-0.4, -0.2) is 49.3 Å². The number of rotatable bonds is 37. The Morgan fingerprint density at radius 1 is 0.612 bits per heavy atom. The third-order valence-corrected chi connectivity index (χ3v) is 9.32. The van der Waals surface area contributed by atoms with Crippen LogP contribution in [0.4, 0.5) is 0 Å².